The number of hydrogen-bond acceptors (Lipinski definition) is 4. The molecule has 1 atom stereocenters. The van der Waals surface area contributed by atoms with Crippen LogP contribution in [0, 0.1) is 0 Å². The van der Waals surface area contributed by atoms with Gasteiger partial charge in [0.1, 0.15) is 0 Å². The van der Waals surface area contributed by atoms with Gasteiger partial charge in [-0.25, -0.2) is 4.98 Å². The molecule has 0 radical (unpaired) electrons. The molecule has 0 bridgehead atoms. The average molecular weight is 278 g/mol. The molecule has 1 aliphatic heterocycles. The van der Waals surface area contributed by atoms with Crippen LogP contribution >= 0.6 is 0 Å². The number of nitrogens with one attached hydrogen (secondary N) is 1. The molecule has 2 heterocycles. The van der Waals surface area contributed by atoms with Crippen LogP contribution in [-0.2, 0) is 11.3 Å². The number of hydrogen-bond donors (Lipinski definition) is 1. The molecule has 1 aromatic rings. The molecule has 4 heteroatoms. The highest BCUT2D eigenvalue weighted by Crippen LogP contribution is 2.31. The summed E-state index contributed by atoms with van der Waals surface area (Å²) in [4.78, 5) is 4.44. The predicted molar refractivity (Wildman–Crippen MR) is 79.9 cm³/mol. The van der Waals surface area contributed by atoms with E-state index in [9.17, 15) is 0 Å². The highest BCUT2D eigenvalue weighted by atomic mass is 16.5. The minimum Gasteiger partial charge on any atom is -0.481 e. The molecule has 2 rings (SSSR count). The molecule has 0 spiro atoms. The van der Waals surface area contributed by atoms with Crippen LogP contribution in [0.25, 0.3) is 0 Å². The maximum atomic E-state index is 6.01. The summed E-state index contributed by atoms with van der Waals surface area (Å²) in [6, 6.07) is 6.39. The zero-order chi connectivity index (χ0) is 14.4. The van der Waals surface area contributed by atoms with Crippen molar-refractivity contribution in [2.45, 2.75) is 57.7 Å². The topological polar surface area (TPSA) is 43.4 Å². The van der Waals surface area contributed by atoms with E-state index in [1.165, 1.54) is 0 Å². The Balaban J connectivity index is 1.90. The fraction of sp³-hybridized carbons (Fsp3) is 0.688. The average Bonchev–Trinajstić information content (AvgIpc) is 2.53. The quantitative estimate of drug-likeness (QED) is 0.869. The molecule has 1 aliphatic rings. The van der Waals surface area contributed by atoms with Crippen LogP contribution in [0.2, 0.25) is 0 Å². The number of nitrogens with zero attached hydrogens (tertiary/aromatic N) is 1. The molecule has 1 saturated heterocycles. The molecule has 0 amide bonds. The largest absolute Gasteiger partial charge is 0.481 e. The van der Waals surface area contributed by atoms with Gasteiger partial charge < -0.3 is 14.8 Å². The number of ether oxygens (including phenoxy) is 2. The minimum atomic E-state index is 0.0672. The van der Waals surface area contributed by atoms with Gasteiger partial charge in [-0.2, -0.15) is 0 Å². The smallest absolute Gasteiger partial charge is 0.213 e. The molecule has 1 aromatic heterocycles. The van der Waals surface area contributed by atoms with Crippen LogP contribution < -0.4 is 10.1 Å². The summed E-state index contributed by atoms with van der Waals surface area (Å²) in [6.07, 6.45) is 4.33. The molecule has 20 heavy (non-hydrogen) atoms. The summed E-state index contributed by atoms with van der Waals surface area (Å²) in [5, 5.41) is 3.61. The van der Waals surface area contributed by atoms with Crippen molar-refractivity contribution in [3.63, 3.8) is 0 Å². The van der Waals surface area contributed by atoms with E-state index < -0.39 is 0 Å². The van der Waals surface area contributed by atoms with Crippen molar-refractivity contribution in [1.29, 1.82) is 0 Å². The maximum absolute atomic E-state index is 6.01. The Kier molecular flexibility index (Phi) is 5.38. The van der Waals surface area contributed by atoms with E-state index in [0.717, 1.165) is 44.5 Å². The molecular weight excluding hydrogens is 252 g/mol. The Morgan fingerprint density at radius 1 is 1.40 bits per heavy atom. The van der Waals surface area contributed by atoms with Crippen molar-refractivity contribution >= 4 is 0 Å². The summed E-state index contributed by atoms with van der Waals surface area (Å²) >= 11 is 0. The molecular formula is C16H26N2O2. The third-order valence-electron chi connectivity index (χ3n) is 4.34. The Bertz CT molecular complexity index is 419. The Hall–Kier alpha value is -1.13. The molecule has 1 unspecified atom stereocenters. The van der Waals surface area contributed by atoms with E-state index in [4.69, 9.17) is 9.47 Å². The third-order valence-corrected chi connectivity index (χ3v) is 4.34. The summed E-state index contributed by atoms with van der Waals surface area (Å²) in [5.41, 5.74) is 1.09. The summed E-state index contributed by atoms with van der Waals surface area (Å²) in [7, 11) is 1.65. The van der Waals surface area contributed by atoms with Crippen LogP contribution in [0.1, 0.15) is 45.2 Å². The number of methoxy groups -OCH3 is 1. The molecule has 4 nitrogen and oxygen atoms in total. The Morgan fingerprint density at radius 3 is 2.90 bits per heavy atom. The van der Waals surface area contributed by atoms with E-state index >= 15 is 0 Å². The lowest BCUT2D eigenvalue weighted by Crippen LogP contribution is -2.46. The van der Waals surface area contributed by atoms with E-state index in [0.29, 0.717) is 11.9 Å². The van der Waals surface area contributed by atoms with E-state index in [-0.39, 0.29) is 5.60 Å². The van der Waals surface area contributed by atoms with Gasteiger partial charge in [-0.05, 0) is 31.7 Å². The molecule has 1 N–H and O–H groups in total. The van der Waals surface area contributed by atoms with Crippen molar-refractivity contribution in [3.05, 3.63) is 23.9 Å². The first-order valence-corrected chi connectivity index (χ1v) is 7.58. The van der Waals surface area contributed by atoms with Crippen LogP contribution in [-0.4, -0.2) is 30.3 Å². The van der Waals surface area contributed by atoms with E-state index in [1.807, 2.05) is 18.2 Å². The SMILES string of the molecule is CCC1(CC)CC(NCc2cccc(OC)n2)CCO1. The molecule has 112 valence electrons. The second-order valence-corrected chi connectivity index (χ2v) is 5.48. The van der Waals surface area contributed by atoms with Gasteiger partial charge in [0.15, 0.2) is 0 Å². The first-order valence-electron chi connectivity index (χ1n) is 7.58. The third kappa shape index (κ3) is 3.70. The van der Waals surface area contributed by atoms with Gasteiger partial charge in [0.2, 0.25) is 5.88 Å². The van der Waals surface area contributed by atoms with Gasteiger partial charge in [-0.1, -0.05) is 19.9 Å². The lowest BCUT2D eigenvalue weighted by atomic mass is 9.86. The van der Waals surface area contributed by atoms with Gasteiger partial charge in [0.25, 0.3) is 0 Å². The molecule has 0 aliphatic carbocycles. The van der Waals surface area contributed by atoms with Gasteiger partial charge in [-0.3, -0.25) is 0 Å². The fourth-order valence-electron chi connectivity index (χ4n) is 2.86. The van der Waals surface area contributed by atoms with Gasteiger partial charge >= 0.3 is 0 Å². The summed E-state index contributed by atoms with van der Waals surface area (Å²) in [6.45, 7) is 6.07. The van der Waals surface area contributed by atoms with Crippen molar-refractivity contribution in [3.8, 4) is 5.88 Å². The highest BCUT2D eigenvalue weighted by molar-refractivity contribution is 5.15. The van der Waals surface area contributed by atoms with Gasteiger partial charge in [0.05, 0.1) is 18.4 Å². The van der Waals surface area contributed by atoms with Crippen molar-refractivity contribution in [2.24, 2.45) is 0 Å². The second-order valence-electron chi connectivity index (χ2n) is 5.48. The normalized spacial score (nSPS) is 21.6. The fourth-order valence-corrected chi connectivity index (χ4v) is 2.86. The molecule has 1 fully saturated rings. The van der Waals surface area contributed by atoms with E-state index in [1.54, 1.807) is 7.11 Å². The first-order chi connectivity index (χ1) is 9.71. The minimum absolute atomic E-state index is 0.0672. The van der Waals surface area contributed by atoms with Crippen LogP contribution in [0.4, 0.5) is 0 Å². The highest BCUT2D eigenvalue weighted by Gasteiger charge is 2.34. The zero-order valence-electron chi connectivity index (χ0n) is 12.8. The molecule has 0 aromatic carbocycles. The molecule has 0 saturated carbocycles. The summed E-state index contributed by atoms with van der Waals surface area (Å²) in [5.74, 6) is 0.674. The number of aromatic nitrogens is 1. The summed E-state index contributed by atoms with van der Waals surface area (Å²) < 4.78 is 11.2. The lowest BCUT2D eigenvalue weighted by Gasteiger charge is -2.40. The monoisotopic (exact) mass is 278 g/mol. The van der Waals surface area contributed by atoms with Crippen molar-refractivity contribution in [2.75, 3.05) is 13.7 Å². The number of pyridine rings is 1. The van der Waals surface area contributed by atoms with Crippen LogP contribution in [0.15, 0.2) is 18.2 Å². The van der Waals surface area contributed by atoms with Crippen molar-refractivity contribution < 1.29 is 9.47 Å². The first kappa shape index (κ1) is 15.3. The Morgan fingerprint density at radius 2 is 2.20 bits per heavy atom. The predicted octanol–water partition coefficient (Wildman–Crippen LogP) is 2.92. The maximum Gasteiger partial charge on any atom is 0.213 e. The second kappa shape index (κ2) is 7.04. The lowest BCUT2D eigenvalue weighted by molar-refractivity contribution is -0.0932. The number of rotatable bonds is 6. The van der Waals surface area contributed by atoms with Crippen molar-refractivity contribution in [1.82, 2.24) is 10.3 Å². The van der Waals surface area contributed by atoms with E-state index in [2.05, 4.69) is 24.1 Å². The zero-order valence-corrected chi connectivity index (χ0v) is 12.8. The van der Waals surface area contributed by atoms with Gasteiger partial charge in [0, 0.05) is 25.3 Å². The van der Waals surface area contributed by atoms with Gasteiger partial charge in [-0.15, -0.1) is 0 Å². The Labute approximate surface area is 121 Å². The van der Waals surface area contributed by atoms with Crippen LogP contribution in [0.5, 0.6) is 5.88 Å². The standard InChI is InChI=1S/C16H26N2O2/c1-4-16(5-2)11-13(9-10-20-16)17-12-14-7-6-8-15(18-14)19-3/h6-8,13,17H,4-5,9-12H2,1-3H3. The van der Waals surface area contributed by atoms with Crippen LogP contribution in [0.3, 0.4) is 0 Å².